The van der Waals surface area contributed by atoms with Crippen LogP contribution in [0.5, 0.6) is 0 Å². The molecular weight excluding hydrogens is 424 g/mol. The Morgan fingerprint density at radius 1 is 1.12 bits per heavy atom. The Labute approximate surface area is 190 Å². The van der Waals surface area contributed by atoms with Crippen LogP contribution >= 0.6 is 11.3 Å². The fourth-order valence-electron chi connectivity index (χ4n) is 3.02. The Kier molecular flexibility index (Phi) is 6.29. The van der Waals surface area contributed by atoms with Gasteiger partial charge in [-0.2, -0.15) is 0 Å². The Hall–Kier alpha value is -3.56. The van der Waals surface area contributed by atoms with Gasteiger partial charge in [-0.3, -0.25) is 4.79 Å². The van der Waals surface area contributed by atoms with Gasteiger partial charge in [-0.1, -0.05) is 35.1 Å². The molecule has 8 nitrogen and oxygen atoms in total. The van der Waals surface area contributed by atoms with Gasteiger partial charge in [0.15, 0.2) is 5.13 Å². The van der Waals surface area contributed by atoms with E-state index in [0.717, 1.165) is 27.4 Å². The predicted octanol–water partition coefficient (Wildman–Crippen LogP) is 4.47. The first kappa shape index (κ1) is 21.7. The second-order valence-electron chi connectivity index (χ2n) is 7.52. The topological polar surface area (TPSA) is 103 Å². The van der Waals surface area contributed by atoms with Crippen molar-refractivity contribution in [3.63, 3.8) is 0 Å². The maximum Gasteiger partial charge on any atom is 0.320 e. The molecule has 9 heteroatoms. The van der Waals surface area contributed by atoms with E-state index in [2.05, 4.69) is 51.8 Å². The van der Waals surface area contributed by atoms with Gasteiger partial charge in [0.25, 0.3) is 0 Å². The summed E-state index contributed by atoms with van der Waals surface area (Å²) in [4.78, 5) is 27.6. The lowest BCUT2D eigenvalue weighted by molar-refractivity contribution is -0.139. The van der Waals surface area contributed by atoms with Crippen LogP contribution in [0.3, 0.4) is 0 Å². The lowest BCUT2D eigenvalue weighted by Crippen LogP contribution is -2.33. The van der Waals surface area contributed by atoms with E-state index in [0.29, 0.717) is 17.5 Å². The molecule has 164 valence electrons. The summed E-state index contributed by atoms with van der Waals surface area (Å²) in [5, 5.41) is 15.8. The Morgan fingerprint density at radius 3 is 2.59 bits per heavy atom. The molecule has 0 aliphatic carbocycles. The monoisotopic (exact) mass is 448 g/mol. The summed E-state index contributed by atoms with van der Waals surface area (Å²) in [6, 6.07) is 15.4. The molecule has 1 atom stereocenters. The third-order valence-electron chi connectivity index (χ3n) is 5.05. The fraction of sp³-hybridized carbons (Fsp3) is 0.217. The van der Waals surface area contributed by atoms with Crippen LogP contribution in [0.4, 0.5) is 22.5 Å². The number of fused-ring (bicyclic) bond motifs is 1. The molecule has 0 aliphatic rings. The number of thiazole rings is 1. The molecule has 0 saturated heterocycles. The summed E-state index contributed by atoms with van der Waals surface area (Å²) in [6.07, 6.45) is 1.71. The van der Waals surface area contributed by atoms with Crippen molar-refractivity contribution in [3.8, 4) is 0 Å². The van der Waals surface area contributed by atoms with E-state index in [1.807, 2.05) is 36.2 Å². The molecule has 3 N–H and O–H groups in total. The number of hydrogen-bond acceptors (Lipinski definition) is 8. The van der Waals surface area contributed by atoms with E-state index in [1.165, 1.54) is 16.9 Å². The quantitative estimate of drug-likeness (QED) is 0.363. The molecule has 0 aliphatic heterocycles. The van der Waals surface area contributed by atoms with E-state index in [-0.39, 0.29) is 0 Å². The molecule has 3 aromatic heterocycles. The predicted molar refractivity (Wildman–Crippen MR) is 128 cm³/mol. The summed E-state index contributed by atoms with van der Waals surface area (Å²) in [6.45, 7) is 4.11. The molecule has 0 amide bonds. The van der Waals surface area contributed by atoms with Gasteiger partial charge in [-0.25, -0.2) is 15.0 Å². The summed E-state index contributed by atoms with van der Waals surface area (Å²) in [5.74, 6) is 0.632. The van der Waals surface area contributed by atoms with E-state index in [4.69, 9.17) is 10.1 Å². The number of nitrogens with one attached hydrogen (secondary N) is 2. The number of hydrogen-bond donors (Lipinski definition) is 3. The van der Waals surface area contributed by atoms with E-state index < -0.39 is 12.0 Å². The first-order valence-electron chi connectivity index (χ1n) is 10.1. The number of carboxylic acid groups (broad SMARTS) is 1. The Bertz CT molecular complexity index is 1220. The number of pyridine rings is 2. The molecule has 0 radical (unpaired) electrons. The highest BCUT2D eigenvalue weighted by Gasteiger charge is 2.12. The number of aliphatic carboxylic acids is 1. The van der Waals surface area contributed by atoms with Gasteiger partial charge in [-0.15, -0.1) is 0 Å². The average molecular weight is 449 g/mol. The fourth-order valence-corrected chi connectivity index (χ4v) is 3.86. The summed E-state index contributed by atoms with van der Waals surface area (Å²) < 4.78 is 0. The summed E-state index contributed by atoms with van der Waals surface area (Å²) in [5.41, 5.74) is 4.01. The third kappa shape index (κ3) is 5.01. The highest BCUT2D eigenvalue weighted by atomic mass is 32.1. The smallest absolute Gasteiger partial charge is 0.320 e. The van der Waals surface area contributed by atoms with E-state index >= 15 is 0 Å². The molecule has 0 saturated carbocycles. The van der Waals surface area contributed by atoms with Crippen molar-refractivity contribution in [3.05, 3.63) is 65.9 Å². The SMILES string of the molecule is Cc1ccc(N(C)c2ccc3nc(Nc4ccc(CNC(C)C(=O)O)cn4)sc3n2)cc1. The number of aryl methyl sites for hydroxylation is 1. The van der Waals surface area contributed by atoms with Gasteiger partial charge in [0.05, 0.1) is 0 Å². The molecule has 1 aromatic carbocycles. The average Bonchev–Trinajstić information content (AvgIpc) is 3.19. The van der Waals surface area contributed by atoms with Crippen molar-refractivity contribution < 1.29 is 9.90 Å². The number of carbonyl (C=O) groups is 1. The molecule has 0 fully saturated rings. The highest BCUT2D eigenvalue weighted by molar-refractivity contribution is 7.21. The van der Waals surface area contributed by atoms with Crippen LogP contribution in [0, 0.1) is 6.92 Å². The standard InChI is InChI=1S/C23H24N6O2S/c1-14-4-7-17(8-5-14)29(3)20-11-9-18-21(28-20)32-23(26-18)27-19-10-6-16(13-25-19)12-24-15(2)22(30)31/h4-11,13,15,24H,12H2,1-3H3,(H,30,31)(H,25,26,27). The van der Waals surface area contributed by atoms with Gasteiger partial charge in [0, 0.05) is 25.5 Å². The molecule has 3 heterocycles. The van der Waals surface area contributed by atoms with Crippen LogP contribution in [0.25, 0.3) is 10.3 Å². The minimum Gasteiger partial charge on any atom is -0.480 e. The van der Waals surface area contributed by atoms with Crippen molar-refractivity contribution in [1.29, 1.82) is 0 Å². The summed E-state index contributed by atoms with van der Waals surface area (Å²) in [7, 11) is 2.00. The minimum atomic E-state index is -0.881. The second-order valence-corrected chi connectivity index (χ2v) is 8.50. The highest BCUT2D eigenvalue weighted by Crippen LogP contribution is 2.30. The maximum atomic E-state index is 10.9. The van der Waals surface area contributed by atoms with E-state index in [1.54, 1.807) is 13.1 Å². The largest absolute Gasteiger partial charge is 0.480 e. The molecular formula is C23H24N6O2S. The zero-order valence-corrected chi connectivity index (χ0v) is 18.8. The molecule has 4 aromatic rings. The Balaban J connectivity index is 1.45. The van der Waals surface area contributed by atoms with Crippen LogP contribution in [0.2, 0.25) is 0 Å². The van der Waals surface area contributed by atoms with Crippen molar-refractivity contribution in [2.45, 2.75) is 26.4 Å². The van der Waals surface area contributed by atoms with Crippen molar-refractivity contribution >= 4 is 50.1 Å². The van der Waals surface area contributed by atoms with Gasteiger partial charge in [-0.05, 0) is 49.7 Å². The molecule has 0 bridgehead atoms. The zero-order chi connectivity index (χ0) is 22.7. The van der Waals surface area contributed by atoms with Crippen LogP contribution in [-0.4, -0.2) is 39.1 Å². The minimum absolute atomic E-state index is 0.434. The van der Waals surface area contributed by atoms with Crippen LogP contribution in [0.1, 0.15) is 18.1 Å². The van der Waals surface area contributed by atoms with Gasteiger partial charge < -0.3 is 20.6 Å². The number of carboxylic acids is 1. The van der Waals surface area contributed by atoms with Crippen molar-refractivity contribution in [1.82, 2.24) is 20.3 Å². The van der Waals surface area contributed by atoms with Crippen LogP contribution in [-0.2, 0) is 11.3 Å². The Morgan fingerprint density at radius 2 is 1.91 bits per heavy atom. The van der Waals surface area contributed by atoms with Crippen LogP contribution < -0.4 is 15.5 Å². The van der Waals surface area contributed by atoms with Crippen LogP contribution in [0.15, 0.2) is 54.7 Å². The van der Waals surface area contributed by atoms with Crippen molar-refractivity contribution in [2.24, 2.45) is 0 Å². The first-order valence-corrected chi connectivity index (χ1v) is 11.0. The lowest BCUT2D eigenvalue weighted by Gasteiger charge is -2.18. The maximum absolute atomic E-state index is 10.9. The molecule has 32 heavy (non-hydrogen) atoms. The number of rotatable bonds is 8. The number of aromatic nitrogens is 3. The van der Waals surface area contributed by atoms with Crippen molar-refractivity contribution in [2.75, 3.05) is 17.3 Å². The third-order valence-corrected chi connectivity index (χ3v) is 5.93. The number of anilines is 4. The van der Waals surface area contributed by atoms with Gasteiger partial charge in [0.1, 0.15) is 28.0 Å². The zero-order valence-electron chi connectivity index (χ0n) is 18.0. The first-order chi connectivity index (χ1) is 15.4. The molecule has 0 spiro atoms. The summed E-state index contributed by atoms with van der Waals surface area (Å²) >= 11 is 1.47. The normalized spacial score (nSPS) is 12.0. The number of nitrogens with zero attached hydrogens (tertiary/aromatic N) is 4. The molecule has 1 unspecified atom stereocenters. The van der Waals surface area contributed by atoms with Gasteiger partial charge >= 0.3 is 5.97 Å². The van der Waals surface area contributed by atoms with Gasteiger partial charge in [0.2, 0.25) is 0 Å². The van der Waals surface area contributed by atoms with E-state index in [9.17, 15) is 4.79 Å². The molecule has 4 rings (SSSR count). The lowest BCUT2D eigenvalue weighted by atomic mass is 10.2. The number of benzene rings is 1. The second kappa shape index (κ2) is 9.29.